The van der Waals surface area contributed by atoms with E-state index in [0.717, 1.165) is 17.7 Å². The maximum absolute atomic E-state index is 13.5. The van der Waals surface area contributed by atoms with Crippen LogP contribution in [0.2, 0.25) is 0 Å². The number of rotatable bonds is 11. The normalized spacial score (nSPS) is 17.8. The zero-order chi connectivity index (χ0) is 33.6. The SMILES string of the molecule is CCN(CC)C(=O)[C@@H]1CC[C@H](c2ccc(C(F)(F)F)cc2)CN1c1ccc(C(=O)N[C@@H](CO)c2ccc(S(=O)(=O)CC)cc2)cc1. The summed E-state index contributed by atoms with van der Waals surface area (Å²) in [5, 5.41) is 12.8. The molecule has 1 fully saturated rings. The van der Waals surface area contributed by atoms with Crippen molar-refractivity contribution in [3.8, 4) is 0 Å². The van der Waals surface area contributed by atoms with E-state index < -0.39 is 46.2 Å². The van der Waals surface area contributed by atoms with E-state index in [1.54, 1.807) is 48.2 Å². The van der Waals surface area contributed by atoms with Crippen LogP contribution in [0.4, 0.5) is 18.9 Å². The fourth-order valence-corrected chi connectivity index (χ4v) is 6.71. The largest absolute Gasteiger partial charge is 0.416 e. The van der Waals surface area contributed by atoms with Crippen molar-refractivity contribution in [2.45, 2.75) is 62.7 Å². The maximum Gasteiger partial charge on any atom is 0.416 e. The molecule has 248 valence electrons. The Bertz CT molecular complexity index is 1590. The fourth-order valence-electron chi connectivity index (χ4n) is 5.83. The van der Waals surface area contributed by atoms with Crippen LogP contribution in [-0.2, 0) is 20.8 Å². The molecule has 2 N–H and O–H groups in total. The van der Waals surface area contributed by atoms with Crippen molar-refractivity contribution in [3.05, 3.63) is 95.1 Å². The van der Waals surface area contributed by atoms with Crippen molar-refractivity contribution >= 4 is 27.3 Å². The van der Waals surface area contributed by atoms with Gasteiger partial charge in [-0.15, -0.1) is 0 Å². The van der Waals surface area contributed by atoms with E-state index in [1.165, 1.54) is 24.3 Å². The van der Waals surface area contributed by atoms with Gasteiger partial charge in [0, 0.05) is 36.8 Å². The molecule has 12 heteroatoms. The maximum atomic E-state index is 13.5. The van der Waals surface area contributed by atoms with E-state index in [4.69, 9.17) is 0 Å². The van der Waals surface area contributed by atoms with E-state index in [1.807, 2.05) is 18.7 Å². The molecule has 0 aliphatic carbocycles. The molecule has 2 amide bonds. The quantitative estimate of drug-likeness (QED) is 0.278. The Kier molecular flexibility index (Phi) is 11.2. The minimum atomic E-state index is -4.42. The number of benzene rings is 3. The second kappa shape index (κ2) is 14.7. The third-order valence-electron chi connectivity index (χ3n) is 8.62. The summed E-state index contributed by atoms with van der Waals surface area (Å²) < 4.78 is 63.7. The highest BCUT2D eigenvalue weighted by Gasteiger charge is 2.36. The van der Waals surface area contributed by atoms with Gasteiger partial charge in [-0.05, 0) is 86.3 Å². The highest BCUT2D eigenvalue weighted by atomic mass is 32.2. The van der Waals surface area contributed by atoms with Crippen molar-refractivity contribution in [2.75, 3.05) is 36.9 Å². The van der Waals surface area contributed by atoms with Gasteiger partial charge in [0.1, 0.15) is 6.04 Å². The monoisotopic (exact) mass is 659 g/mol. The molecule has 0 radical (unpaired) electrons. The van der Waals surface area contributed by atoms with Crippen LogP contribution in [-0.4, -0.2) is 68.3 Å². The Morgan fingerprint density at radius 3 is 2.07 bits per heavy atom. The first-order chi connectivity index (χ1) is 21.8. The summed E-state index contributed by atoms with van der Waals surface area (Å²) >= 11 is 0. The third kappa shape index (κ3) is 7.90. The summed E-state index contributed by atoms with van der Waals surface area (Å²) in [6, 6.07) is 16.7. The van der Waals surface area contributed by atoms with Crippen LogP contribution in [0.15, 0.2) is 77.7 Å². The number of carbonyl (C=O) groups is 2. The van der Waals surface area contributed by atoms with Gasteiger partial charge in [-0.25, -0.2) is 8.42 Å². The van der Waals surface area contributed by atoms with E-state index in [9.17, 15) is 36.3 Å². The van der Waals surface area contributed by atoms with Gasteiger partial charge in [0.05, 0.1) is 28.9 Å². The number of halogens is 3. The number of hydrogen-bond donors (Lipinski definition) is 2. The van der Waals surface area contributed by atoms with Gasteiger partial charge in [0.15, 0.2) is 9.84 Å². The molecule has 0 aromatic heterocycles. The first-order valence-electron chi connectivity index (χ1n) is 15.4. The van der Waals surface area contributed by atoms with Crippen LogP contribution in [0.1, 0.15) is 72.6 Å². The van der Waals surface area contributed by atoms with E-state index >= 15 is 0 Å². The van der Waals surface area contributed by atoms with Gasteiger partial charge in [-0.1, -0.05) is 31.2 Å². The Hall–Kier alpha value is -3.90. The minimum Gasteiger partial charge on any atom is -0.394 e. The zero-order valence-corrected chi connectivity index (χ0v) is 26.9. The number of hydrogen-bond acceptors (Lipinski definition) is 6. The van der Waals surface area contributed by atoms with Crippen molar-refractivity contribution in [2.24, 2.45) is 0 Å². The first kappa shape index (κ1) is 35.0. The molecule has 1 aliphatic heterocycles. The number of sulfone groups is 1. The van der Waals surface area contributed by atoms with Crippen molar-refractivity contribution in [1.82, 2.24) is 10.2 Å². The molecule has 3 atom stereocenters. The molecular formula is C34H40F3N3O5S. The van der Waals surface area contributed by atoms with E-state index in [0.29, 0.717) is 49.3 Å². The fraction of sp³-hybridized carbons (Fsp3) is 0.412. The van der Waals surface area contributed by atoms with E-state index in [2.05, 4.69) is 5.32 Å². The standard InChI is InChI=1S/C34H40F3N3O5S/c1-4-39(5-2)33(43)31-20-13-26(23-7-14-27(15-8-23)34(35,36)37)21-40(31)28-16-9-25(10-17-28)32(42)38-30(22-41)24-11-18-29(19-12-24)46(44,45)6-3/h7-12,14-19,26,30-31,41H,4-6,13,20-22H2,1-3H3,(H,38,42)/t26-,30-,31-/m0/s1. The highest BCUT2D eigenvalue weighted by Crippen LogP contribution is 2.36. The average Bonchev–Trinajstić information content (AvgIpc) is 3.07. The Balaban J connectivity index is 1.54. The lowest BCUT2D eigenvalue weighted by atomic mass is 9.86. The number of anilines is 1. The Morgan fingerprint density at radius 1 is 0.935 bits per heavy atom. The number of aliphatic hydroxyl groups is 1. The van der Waals surface area contributed by atoms with Gasteiger partial charge in [0.2, 0.25) is 5.91 Å². The molecule has 1 saturated heterocycles. The number of likely N-dealkylation sites (N-methyl/N-ethyl adjacent to an activating group) is 1. The Morgan fingerprint density at radius 2 is 1.54 bits per heavy atom. The average molecular weight is 660 g/mol. The summed E-state index contributed by atoms with van der Waals surface area (Å²) in [4.78, 5) is 30.6. The van der Waals surface area contributed by atoms with E-state index in [-0.39, 0.29) is 22.5 Å². The molecule has 0 spiro atoms. The van der Waals surface area contributed by atoms with Crippen molar-refractivity contribution < 1.29 is 36.3 Å². The summed E-state index contributed by atoms with van der Waals surface area (Å²) in [5.41, 5.74) is 1.61. The van der Waals surface area contributed by atoms with Crippen molar-refractivity contribution in [1.29, 1.82) is 0 Å². The van der Waals surface area contributed by atoms with Gasteiger partial charge >= 0.3 is 6.18 Å². The molecule has 8 nitrogen and oxygen atoms in total. The number of nitrogens with one attached hydrogen (secondary N) is 1. The zero-order valence-electron chi connectivity index (χ0n) is 26.1. The molecular weight excluding hydrogens is 619 g/mol. The van der Waals surface area contributed by atoms with Crippen molar-refractivity contribution in [3.63, 3.8) is 0 Å². The van der Waals surface area contributed by atoms with Gasteiger partial charge in [-0.3, -0.25) is 9.59 Å². The molecule has 0 saturated carbocycles. The number of alkyl halides is 3. The molecule has 3 aromatic rings. The number of piperidine rings is 1. The van der Waals surface area contributed by atoms with Gasteiger partial charge in [0.25, 0.3) is 5.91 Å². The lowest BCUT2D eigenvalue weighted by molar-refractivity contribution is -0.137. The molecule has 1 heterocycles. The van der Waals surface area contributed by atoms with Crippen LogP contribution in [0.3, 0.4) is 0 Å². The predicted molar refractivity (Wildman–Crippen MR) is 170 cm³/mol. The van der Waals surface area contributed by atoms with Crippen LogP contribution in [0, 0.1) is 0 Å². The summed E-state index contributed by atoms with van der Waals surface area (Å²) in [5.74, 6) is -0.621. The number of amides is 2. The van der Waals surface area contributed by atoms with Crippen LogP contribution < -0.4 is 10.2 Å². The molecule has 3 aromatic carbocycles. The molecule has 1 aliphatic rings. The lowest BCUT2D eigenvalue weighted by Crippen LogP contribution is -2.52. The number of carbonyl (C=O) groups excluding carboxylic acids is 2. The topological polar surface area (TPSA) is 107 Å². The van der Waals surface area contributed by atoms with Crippen LogP contribution in [0.25, 0.3) is 0 Å². The van der Waals surface area contributed by atoms with Gasteiger partial charge in [-0.2, -0.15) is 13.2 Å². The van der Waals surface area contributed by atoms with Crippen LogP contribution >= 0.6 is 0 Å². The summed E-state index contributed by atoms with van der Waals surface area (Å²) in [6.45, 7) is 6.47. The molecule has 0 bridgehead atoms. The number of nitrogens with zero attached hydrogens (tertiary/aromatic N) is 2. The summed E-state index contributed by atoms with van der Waals surface area (Å²) in [6.07, 6.45) is -3.28. The first-order valence-corrected chi connectivity index (χ1v) is 17.0. The van der Waals surface area contributed by atoms with Crippen LogP contribution in [0.5, 0.6) is 0 Å². The molecule has 4 rings (SSSR count). The Labute approximate surface area is 268 Å². The molecule has 46 heavy (non-hydrogen) atoms. The number of aliphatic hydroxyl groups excluding tert-OH is 1. The van der Waals surface area contributed by atoms with Gasteiger partial charge < -0.3 is 20.2 Å². The minimum absolute atomic E-state index is 0.0266. The molecule has 0 unspecified atom stereocenters. The second-order valence-electron chi connectivity index (χ2n) is 11.3. The smallest absolute Gasteiger partial charge is 0.394 e. The predicted octanol–water partition coefficient (Wildman–Crippen LogP) is 5.58. The second-order valence-corrected chi connectivity index (χ2v) is 13.6. The highest BCUT2D eigenvalue weighted by molar-refractivity contribution is 7.91. The summed E-state index contributed by atoms with van der Waals surface area (Å²) in [7, 11) is -3.39. The lowest BCUT2D eigenvalue weighted by Gasteiger charge is -2.42. The third-order valence-corrected chi connectivity index (χ3v) is 10.4.